The van der Waals surface area contributed by atoms with Crippen LogP contribution in [-0.2, 0) is 28.8 Å². The van der Waals surface area contributed by atoms with Gasteiger partial charge in [-0.1, -0.05) is 84.2 Å². The number of amides is 6. The zero-order valence-corrected chi connectivity index (χ0v) is 56.2. The van der Waals surface area contributed by atoms with Crippen molar-refractivity contribution in [2.75, 3.05) is 104 Å². The fourth-order valence-corrected chi connectivity index (χ4v) is 18.1. The van der Waals surface area contributed by atoms with Crippen LogP contribution in [0.25, 0.3) is 0 Å². The Labute approximate surface area is 550 Å². The summed E-state index contributed by atoms with van der Waals surface area (Å²) in [6.45, 7) is 15.5. The first kappa shape index (κ1) is 71.9. The van der Waals surface area contributed by atoms with Gasteiger partial charge in [-0.2, -0.15) is 0 Å². The van der Waals surface area contributed by atoms with Crippen LogP contribution >= 0.6 is 23.5 Å². The van der Waals surface area contributed by atoms with Gasteiger partial charge in [0.15, 0.2) is 10.2 Å². The SMILES string of the molecule is CC(=O)SCCN(CCC12CC3CC(CC(C3)C1)C2)C(=O)N[C@H](C)C(=O)N1CCN(C)CC1.CC(=O)SCCN(CCC12CC3CC(CC(C3)C1)C2)C(=O)N[C@H](C)C(=O)N1CCN(C)CC1.O=C(O)C(O)(C(=O)c1ccccc1)C(O)(C(=O)O)C(=O)c1ccccc1. The van der Waals surface area contributed by atoms with E-state index in [0.29, 0.717) is 74.7 Å². The van der Waals surface area contributed by atoms with Gasteiger partial charge in [-0.05, 0) is 164 Å². The third-order valence-corrected chi connectivity index (χ3v) is 22.6. The van der Waals surface area contributed by atoms with Crippen molar-refractivity contribution in [3.63, 3.8) is 0 Å². The molecule has 92 heavy (non-hydrogen) atoms. The van der Waals surface area contributed by atoms with Crippen molar-refractivity contribution in [1.82, 2.24) is 40.0 Å². The molecule has 2 unspecified atom stereocenters. The molecule has 8 aliphatic carbocycles. The smallest absolute Gasteiger partial charge is 0.348 e. The Morgan fingerprint density at radius 1 is 0.489 bits per heavy atom. The lowest BCUT2D eigenvalue weighted by atomic mass is 9.49. The summed E-state index contributed by atoms with van der Waals surface area (Å²) in [6, 6.07) is 11.4. The molecule has 6 N–H and O–H groups in total. The van der Waals surface area contributed by atoms with E-state index >= 15 is 0 Å². The van der Waals surface area contributed by atoms with Gasteiger partial charge >= 0.3 is 24.0 Å². The predicted octanol–water partition coefficient (Wildman–Crippen LogP) is 6.48. The van der Waals surface area contributed by atoms with Crippen molar-refractivity contribution in [2.24, 2.45) is 46.3 Å². The summed E-state index contributed by atoms with van der Waals surface area (Å²) in [5, 5.41) is 46.0. The Balaban J connectivity index is 0.000000179. The number of carboxylic acid groups (broad SMARTS) is 2. The molecule has 2 saturated heterocycles. The van der Waals surface area contributed by atoms with Crippen molar-refractivity contribution in [3.05, 3.63) is 71.8 Å². The van der Waals surface area contributed by atoms with Crippen LogP contribution in [0.4, 0.5) is 9.59 Å². The fraction of sp³-hybridized carbons (Fsp3) is 0.676. The summed E-state index contributed by atoms with van der Waals surface area (Å²) >= 11 is 2.54. The molecule has 2 aliphatic heterocycles. The van der Waals surface area contributed by atoms with Crippen LogP contribution in [0.2, 0.25) is 0 Å². The van der Waals surface area contributed by atoms with Gasteiger partial charge in [-0.25, -0.2) is 19.2 Å². The number of carbonyl (C=O) groups excluding carboxylic acids is 8. The van der Waals surface area contributed by atoms with E-state index in [1.54, 1.807) is 27.7 Å². The third-order valence-electron chi connectivity index (χ3n) is 21.0. The number of aliphatic hydroxyl groups is 2. The molecular weight excluding hydrogens is 1220 g/mol. The molecule has 24 heteroatoms. The minimum absolute atomic E-state index is 0.00408. The fourth-order valence-electron chi connectivity index (χ4n) is 16.9. The Hall–Kier alpha value is -5.92. The molecule has 10 fully saturated rings. The molecule has 4 atom stereocenters. The van der Waals surface area contributed by atoms with Crippen LogP contribution in [0.15, 0.2) is 60.7 Å². The highest BCUT2D eigenvalue weighted by molar-refractivity contribution is 8.13. The minimum Gasteiger partial charge on any atom is -0.479 e. The second kappa shape index (κ2) is 31.5. The highest BCUT2D eigenvalue weighted by Gasteiger charge is 2.70. The maximum atomic E-state index is 13.2. The van der Waals surface area contributed by atoms with Gasteiger partial charge in [-0.3, -0.25) is 28.8 Å². The number of thioether (sulfide) groups is 2. The van der Waals surface area contributed by atoms with Crippen molar-refractivity contribution >= 4 is 81.1 Å². The van der Waals surface area contributed by atoms with Gasteiger partial charge in [0, 0.05) is 115 Å². The standard InChI is InChI=1S/2C25H42N4O3S.C18H14O8/c2*1-18(23(31)28-8-6-27(3)7-9-28)26-24(32)29(10-11-33-19(2)30)5-4-25-15-20-12-21(16-25)14-22(13-20)17-25;19-13(11-7-3-1-4-8-11)17(25,15(21)22)18(26,16(23)24)14(20)12-9-5-2-6-10-12/h2*18,20-22H,4-17H2,1-3H3,(H,26,32);1-10,25-26H,(H,21,22)(H,23,24)/t2*18-,20?,21?,22?,25?;/m11./s1. The zero-order chi connectivity index (χ0) is 66.7. The van der Waals surface area contributed by atoms with Crippen LogP contribution < -0.4 is 10.6 Å². The van der Waals surface area contributed by atoms with Crippen LogP contribution in [0, 0.1) is 46.3 Å². The normalized spacial score (nSPS) is 27.3. The molecule has 2 heterocycles. The summed E-state index contributed by atoms with van der Waals surface area (Å²) < 4.78 is 0. The number of ketones is 2. The lowest BCUT2D eigenvalue weighted by molar-refractivity contribution is -0.187. The van der Waals surface area contributed by atoms with Crippen LogP contribution in [0.1, 0.15) is 138 Å². The largest absolute Gasteiger partial charge is 0.479 e. The summed E-state index contributed by atoms with van der Waals surface area (Å²) in [4.78, 5) is 135. The van der Waals surface area contributed by atoms with E-state index in [4.69, 9.17) is 0 Å². The van der Waals surface area contributed by atoms with E-state index in [9.17, 15) is 68.4 Å². The average Bonchev–Trinajstić information content (AvgIpc) is 0.746. The Morgan fingerprint density at radius 3 is 1.03 bits per heavy atom. The molecule has 8 bridgehead atoms. The molecule has 8 saturated carbocycles. The Kier molecular flexibility index (Phi) is 24.7. The van der Waals surface area contributed by atoms with E-state index in [1.807, 2.05) is 19.6 Å². The lowest BCUT2D eigenvalue weighted by Crippen LogP contribution is -2.71. The molecule has 6 amide bonds. The molecule has 10 aliphatic rings. The molecular formula is C68H98N8O14S2. The number of hydrogen-bond acceptors (Lipinski definition) is 16. The average molecular weight is 1320 g/mol. The van der Waals surface area contributed by atoms with E-state index in [-0.39, 0.29) is 34.1 Å². The van der Waals surface area contributed by atoms with E-state index in [1.165, 1.54) is 137 Å². The van der Waals surface area contributed by atoms with Crippen LogP contribution in [0.3, 0.4) is 0 Å². The summed E-state index contributed by atoms with van der Waals surface area (Å²) in [7, 11) is 4.13. The van der Waals surface area contributed by atoms with Gasteiger partial charge in [0.2, 0.25) is 23.4 Å². The number of Topliss-reactive ketones (excluding diaryl/α,β-unsaturated/α-hetero) is 2. The number of carboxylic acids is 2. The molecule has 0 spiro atoms. The molecule has 506 valence electrons. The zero-order valence-electron chi connectivity index (χ0n) is 54.6. The van der Waals surface area contributed by atoms with E-state index < -0.39 is 57.9 Å². The Bertz CT molecular complexity index is 2700. The monoisotopic (exact) mass is 1310 g/mol. The topological polar surface area (TPSA) is 295 Å². The number of nitrogens with zero attached hydrogens (tertiary/aromatic N) is 6. The van der Waals surface area contributed by atoms with E-state index in [2.05, 4.69) is 34.5 Å². The molecule has 0 aromatic heterocycles. The van der Waals surface area contributed by atoms with Gasteiger partial charge in [0.25, 0.3) is 11.2 Å². The summed E-state index contributed by atoms with van der Waals surface area (Å²) in [5.41, 5.74) is -7.87. The first-order valence-corrected chi connectivity index (χ1v) is 35.0. The first-order chi connectivity index (χ1) is 43.6. The highest BCUT2D eigenvalue weighted by atomic mass is 32.2. The number of nitrogens with one attached hydrogen (secondary N) is 2. The van der Waals surface area contributed by atoms with Crippen molar-refractivity contribution in [3.8, 4) is 0 Å². The van der Waals surface area contributed by atoms with Gasteiger partial charge in [0.1, 0.15) is 12.1 Å². The number of aliphatic carboxylic acids is 2. The molecule has 12 rings (SSSR count). The van der Waals surface area contributed by atoms with E-state index in [0.717, 1.165) is 98.8 Å². The number of benzene rings is 2. The molecule has 0 radical (unpaired) electrons. The van der Waals surface area contributed by atoms with Crippen molar-refractivity contribution < 1.29 is 68.4 Å². The predicted molar refractivity (Wildman–Crippen MR) is 351 cm³/mol. The van der Waals surface area contributed by atoms with Gasteiger partial charge in [0.05, 0.1) is 0 Å². The van der Waals surface area contributed by atoms with Gasteiger partial charge in [-0.15, -0.1) is 0 Å². The molecule has 2 aromatic rings. The van der Waals surface area contributed by atoms with Crippen LogP contribution in [0.5, 0.6) is 0 Å². The summed E-state index contributed by atoms with van der Waals surface area (Å²) in [6.07, 6.45) is 18.6. The number of likely N-dealkylation sites (N-methyl/N-ethyl adjacent to an activating group) is 2. The summed E-state index contributed by atoms with van der Waals surface area (Å²) in [5.74, 6) is -1.45. The van der Waals surface area contributed by atoms with Crippen molar-refractivity contribution in [2.45, 2.75) is 141 Å². The third kappa shape index (κ3) is 17.7. The number of carbonyl (C=O) groups is 10. The lowest BCUT2D eigenvalue weighted by Gasteiger charge is -2.57. The maximum absolute atomic E-state index is 13.2. The number of rotatable bonds is 23. The van der Waals surface area contributed by atoms with Gasteiger partial charge < -0.3 is 60.5 Å². The van der Waals surface area contributed by atoms with Crippen molar-refractivity contribution in [1.29, 1.82) is 0 Å². The second-order valence-corrected chi connectivity index (χ2v) is 30.6. The molecule has 2 aromatic carbocycles. The highest BCUT2D eigenvalue weighted by Crippen LogP contribution is 2.62. The number of piperazine rings is 2. The molecule has 22 nitrogen and oxygen atoms in total. The second-order valence-electron chi connectivity index (χ2n) is 28.0. The quantitative estimate of drug-likeness (QED) is 0.0513. The number of urea groups is 2. The first-order valence-electron chi connectivity index (χ1n) is 33.1. The minimum atomic E-state index is -3.95. The Morgan fingerprint density at radius 2 is 0.772 bits per heavy atom. The number of hydrogen-bond donors (Lipinski definition) is 6. The van der Waals surface area contributed by atoms with Crippen LogP contribution in [-0.4, -0.2) is 235 Å². The maximum Gasteiger partial charge on any atom is 0.348 e.